The van der Waals surface area contributed by atoms with E-state index >= 15 is 0 Å². The molecule has 3 nitrogen and oxygen atoms in total. The van der Waals surface area contributed by atoms with Crippen LogP contribution in [-0.4, -0.2) is 34.4 Å². The van der Waals surface area contributed by atoms with Gasteiger partial charge in [0, 0.05) is 6.04 Å². The van der Waals surface area contributed by atoms with Crippen molar-refractivity contribution in [3.05, 3.63) is 0 Å². The van der Waals surface area contributed by atoms with Crippen LogP contribution >= 0.6 is 0 Å². The van der Waals surface area contributed by atoms with Crippen LogP contribution in [0.5, 0.6) is 0 Å². The van der Waals surface area contributed by atoms with Crippen LogP contribution in [0, 0.1) is 11.8 Å². The Kier molecular flexibility index (Phi) is 6.15. The van der Waals surface area contributed by atoms with E-state index in [0.717, 1.165) is 25.7 Å². The van der Waals surface area contributed by atoms with Gasteiger partial charge in [0.2, 0.25) is 0 Å². The van der Waals surface area contributed by atoms with Gasteiger partial charge in [-0.25, -0.2) is 8.78 Å². The van der Waals surface area contributed by atoms with Crippen molar-refractivity contribution in [1.29, 1.82) is 0 Å². The zero-order chi connectivity index (χ0) is 14.6. The fourth-order valence-corrected chi connectivity index (χ4v) is 2.81. The smallest absolute Gasteiger partial charge is 0.298 e. The van der Waals surface area contributed by atoms with Crippen LogP contribution in [0.25, 0.3) is 0 Å². The van der Waals surface area contributed by atoms with Gasteiger partial charge in [0.25, 0.3) is 5.92 Å². The van der Waals surface area contributed by atoms with Gasteiger partial charge in [-0.1, -0.05) is 33.1 Å². The molecule has 114 valence electrons. The Morgan fingerprint density at radius 3 is 2.16 bits per heavy atom. The summed E-state index contributed by atoms with van der Waals surface area (Å²) < 4.78 is 27.7. The van der Waals surface area contributed by atoms with Gasteiger partial charge in [-0.15, -0.1) is 0 Å². The highest BCUT2D eigenvalue weighted by Crippen LogP contribution is 2.33. The van der Waals surface area contributed by atoms with Gasteiger partial charge in [0.1, 0.15) is 12.2 Å². The summed E-state index contributed by atoms with van der Waals surface area (Å²) in [5.41, 5.74) is 5.95. The highest BCUT2D eigenvalue weighted by Gasteiger charge is 2.47. The number of aliphatic hydroxyl groups excluding tert-OH is 2. The van der Waals surface area contributed by atoms with E-state index in [1.54, 1.807) is 0 Å². The standard InChI is InChI=1S/C14H27F2NO2/c1-9(2)13(19)14(15,16)12(18)8-11(17)10-6-4-3-5-7-10/h9-13,18-19H,3-8,17H2,1-2H3/t11?,12-,13-/m1/s1. The molecule has 0 aromatic heterocycles. The molecule has 1 rings (SSSR count). The van der Waals surface area contributed by atoms with Crippen molar-refractivity contribution < 1.29 is 19.0 Å². The van der Waals surface area contributed by atoms with Crippen LogP contribution in [0.2, 0.25) is 0 Å². The third-order valence-corrected chi connectivity index (χ3v) is 4.22. The normalized spacial score (nSPS) is 23.4. The lowest BCUT2D eigenvalue weighted by molar-refractivity contribution is -0.191. The van der Waals surface area contributed by atoms with E-state index in [2.05, 4.69) is 0 Å². The molecule has 1 unspecified atom stereocenters. The SMILES string of the molecule is CC(C)[C@@H](O)C(F)(F)[C@H](O)CC(N)C1CCCCC1. The third kappa shape index (κ3) is 4.36. The summed E-state index contributed by atoms with van der Waals surface area (Å²) in [5, 5.41) is 19.2. The summed E-state index contributed by atoms with van der Waals surface area (Å²) in [5.74, 6) is -3.88. The zero-order valence-corrected chi connectivity index (χ0v) is 11.9. The second-order valence-electron chi connectivity index (χ2n) is 6.18. The van der Waals surface area contributed by atoms with Crippen LogP contribution in [0.4, 0.5) is 8.78 Å². The van der Waals surface area contributed by atoms with Crippen molar-refractivity contribution in [1.82, 2.24) is 0 Å². The van der Waals surface area contributed by atoms with Crippen molar-refractivity contribution in [3.8, 4) is 0 Å². The Labute approximate surface area is 114 Å². The molecule has 5 heteroatoms. The first-order chi connectivity index (χ1) is 8.76. The summed E-state index contributed by atoms with van der Waals surface area (Å²) in [4.78, 5) is 0. The molecule has 19 heavy (non-hydrogen) atoms. The summed E-state index contributed by atoms with van der Waals surface area (Å²) in [7, 11) is 0. The molecule has 0 radical (unpaired) electrons. The Morgan fingerprint density at radius 1 is 1.16 bits per heavy atom. The first-order valence-electron chi connectivity index (χ1n) is 7.26. The Hall–Kier alpha value is -0.260. The second kappa shape index (κ2) is 6.95. The topological polar surface area (TPSA) is 66.5 Å². The first-order valence-corrected chi connectivity index (χ1v) is 7.26. The fraction of sp³-hybridized carbons (Fsp3) is 1.00. The maximum Gasteiger partial charge on any atom is 0.298 e. The Bertz CT molecular complexity index is 268. The molecule has 0 amide bonds. The molecule has 0 bridgehead atoms. The van der Waals surface area contributed by atoms with Crippen LogP contribution in [0.3, 0.4) is 0 Å². The lowest BCUT2D eigenvalue weighted by atomic mass is 9.81. The zero-order valence-electron chi connectivity index (χ0n) is 11.9. The summed E-state index contributed by atoms with van der Waals surface area (Å²) in [6.45, 7) is 3.01. The number of alkyl halides is 2. The molecule has 0 aliphatic heterocycles. The van der Waals surface area contributed by atoms with Gasteiger partial charge in [0.15, 0.2) is 0 Å². The predicted molar refractivity (Wildman–Crippen MR) is 71.0 cm³/mol. The van der Waals surface area contributed by atoms with E-state index in [1.807, 2.05) is 0 Å². The lowest BCUT2D eigenvalue weighted by Crippen LogP contribution is -2.50. The first kappa shape index (κ1) is 16.8. The number of aliphatic hydroxyl groups is 2. The van der Waals surface area contributed by atoms with E-state index in [0.29, 0.717) is 0 Å². The van der Waals surface area contributed by atoms with Crippen molar-refractivity contribution in [2.75, 3.05) is 0 Å². The van der Waals surface area contributed by atoms with Crippen molar-refractivity contribution in [2.45, 2.75) is 76.5 Å². The fourth-order valence-electron chi connectivity index (χ4n) is 2.81. The largest absolute Gasteiger partial charge is 0.387 e. The van der Waals surface area contributed by atoms with E-state index in [4.69, 9.17) is 5.73 Å². The summed E-state index contributed by atoms with van der Waals surface area (Å²) in [6, 6.07) is -0.416. The highest BCUT2D eigenvalue weighted by atomic mass is 19.3. The molecule has 3 atom stereocenters. The van der Waals surface area contributed by atoms with Crippen molar-refractivity contribution in [3.63, 3.8) is 0 Å². The number of hydrogen-bond acceptors (Lipinski definition) is 3. The molecule has 1 fully saturated rings. The van der Waals surface area contributed by atoms with Gasteiger partial charge in [0.05, 0.1) is 0 Å². The number of rotatable bonds is 6. The van der Waals surface area contributed by atoms with Crippen LogP contribution in [0.15, 0.2) is 0 Å². The minimum absolute atomic E-state index is 0.151. The van der Waals surface area contributed by atoms with E-state index < -0.39 is 30.1 Å². The molecule has 1 saturated carbocycles. The maximum absolute atomic E-state index is 13.8. The van der Waals surface area contributed by atoms with Gasteiger partial charge >= 0.3 is 0 Å². The van der Waals surface area contributed by atoms with Gasteiger partial charge in [-0.2, -0.15) is 0 Å². The molecular weight excluding hydrogens is 252 g/mol. The van der Waals surface area contributed by atoms with Gasteiger partial charge < -0.3 is 15.9 Å². The molecule has 4 N–H and O–H groups in total. The number of nitrogens with two attached hydrogens (primary N) is 1. The Morgan fingerprint density at radius 2 is 1.68 bits per heavy atom. The monoisotopic (exact) mass is 279 g/mol. The average Bonchev–Trinajstić information content (AvgIpc) is 2.38. The minimum atomic E-state index is -3.50. The molecule has 0 aromatic rings. The molecule has 0 heterocycles. The maximum atomic E-state index is 13.8. The van der Waals surface area contributed by atoms with Crippen LogP contribution in [0.1, 0.15) is 52.4 Å². The molecule has 0 aromatic carbocycles. The third-order valence-electron chi connectivity index (χ3n) is 4.22. The molecule has 0 spiro atoms. The lowest BCUT2D eigenvalue weighted by Gasteiger charge is -2.33. The van der Waals surface area contributed by atoms with E-state index in [1.165, 1.54) is 20.3 Å². The quantitative estimate of drug-likeness (QED) is 0.699. The number of halogens is 2. The van der Waals surface area contributed by atoms with Gasteiger partial charge in [-0.3, -0.25) is 0 Å². The molecule has 1 aliphatic rings. The number of hydrogen-bond donors (Lipinski definition) is 3. The van der Waals surface area contributed by atoms with Crippen LogP contribution in [-0.2, 0) is 0 Å². The van der Waals surface area contributed by atoms with Crippen molar-refractivity contribution in [2.24, 2.45) is 17.6 Å². The van der Waals surface area contributed by atoms with E-state index in [-0.39, 0.29) is 12.3 Å². The van der Waals surface area contributed by atoms with Gasteiger partial charge in [-0.05, 0) is 31.1 Å². The highest BCUT2D eigenvalue weighted by molar-refractivity contribution is 4.89. The predicted octanol–water partition coefficient (Wildman–Crippen LogP) is 2.30. The van der Waals surface area contributed by atoms with Crippen LogP contribution < -0.4 is 5.73 Å². The average molecular weight is 279 g/mol. The summed E-state index contributed by atoms with van der Waals surface area (Å²) in [6.07, 6.45) is 1.38. The minimum Gasteiger partial charge on any atom is -0.387 e. The summed E-state index contributed by atoms with van der Waals surface area (Å²) >= 11 is 0. The molecular formula is C14H27F2NO2. The Balaban J connectivity index is 2.54. The van der Waals surface area contributed by atoms with Crippen molar-refractivity contribution >= 4 is 0 Å². The molecule has 0 saturated heterocycles. The molecule has 1 aliphatic carbocycles. The van der Waals surface area contributed by atoms with E-state index in [9.17, 15) is 19.0 Å². The second-order valence-corrected chi connectivity index (χ2v) is 6.18.